The number of ether oxygens (including phenoxy) is 1. The first-order valence-corrected chi connectivity index (χ1v) is 12.7. The second-order valence-electron chi connectivity index (χ2n) is 9.82. The van der Waals surface area contributed by atoms with Gasteiger partial charge in [-0.05, 0) is 69.0 Å². The number of pyridine rings is 1. The van der Waals surface area contributed by atoms with Crippen molar-refractivity contribution >= 4 is 11.7 Å². The fourth-order valence-corrected chi connectivity index (χ4v) is 5.62. The zero-order chi connectivity index (χ0) is 22.2. The average molecular weight is 441 g/mol. The van der Waals surface area contributed by atoms with E-state index in [1.165, 1.54) is 44.9 Å². The monoisotopic (exact) mass is 440 g/mol. The predicted molar refractivity (Wildman–Crippen MR) is 129 cm³/mol. The van der Waals surface area contributed by atoms with Crippen LogP contribution in [0.2, 0.25) is 0 Å². The number of likely N-dealkylation sites (tertiary alicyclic amines) is 1. The third-order valence-corrected chi connectivity index (χ3v) is 7.35. The minimum absolute atomic E-state index is 0.0247. The van der Waals surface area contributed by atoms with Crippen molar-refractivity contribution in [1.29, 1.82) is 0 Å². The van der Waals surface area contributed by atoms with Gasteiger partial charge in [0.05, 0.1) is 18.8 Å². The SMILES string of the molecule is C=CCOCC1CCCN(CC2CCCCC2NC(=O)c2ccc(N3CCCC3)nc2)C1. The maximum Gasteiger partial charge on any atom is 0.253 e. The summed E-state index contributed by atoms with van der Waals surface area (Å²) in [6.07, 6.45) is 13.3. The van der Waals surface area contributed by atoms with Crippen LogP contribution in [-0.2, 0) is 4.74 Å². The van der Waals surface area contributed by atoms with E-state index in [1.807, 2.05) is 18.2 Å². The minimum atomic E-state index is 0.0247. The van der Waals surface area contributed by atoms with Gasteiger partial charge in [-0.1, -0.05) is 18.9 Å². The topological polar surface area (TPSA) is 57.7 Å². The minimum Gasteiger partial charge on any atom is -0.377 e. The molecule has 4 rings (SSSR count). The summed E-state index contributed by atoms with van der Waals surface area (Å²) in [7, 11) is 0. The van der Waals surface area contributed by atoms with Gasteiger partial charge in [0.1, 0.15) is 5.82 Å². The van der Waals surface area contributed by atoms with E-state index in [9.17, 15) is 4.79 Å². The molecule has 3 unspecified atom stereocenters. The number of carbonyl (C=O) groups excluding carboxylic acids is 1. The Kier molecular flexibility index (Phi) is 8.57. The van der Waals surface area contributed by atoms with Crippen LogP contribution in [0, 0.1) is 11.8 Å². The lowest BCUT2D eigenvalue weighted by molar-refractivity contribution is 0.0599. The number of hydrogen-bond acceptors (Lipinski definition) is 5. The molecule has 1 N–H and O–H groups in total. The Morgan fingerprint density at radius 2 is 1.97 bits per heavy atom. The van der Waals surface area contributed by atoms with Crippen LogP contribution in [0.15, 0.2) is 31.0 Å². The fourth-order valence-electron chi connectivity index (χ4n) is 5.62. The second-order valence-corrected chi connectivity index (χ2v) is 9.82. The Labute approximate surface area is 193 Å². The van der Waals surface area contributed by atoms with E-state index >= 15 is 0 Å². The van der Waals surface area contributed by atoms with Crippen molar-refractivity contribution < 1.29 is 9.53 Å². The Balaban J connectivity index is 1.30. The smallest absolute Gasteiger partial charge is 0.253 e. The number of nitrogens with one attached hydrogen (secondary N) is 1. The fraction of sp³-hybridized carbons (Fsp3) is 0.692. The summed E-state index contributed by atoms with van der Waals surface area (Å²) < 4.78 is 5.71. The summed E-state index contributed by atoms with van der Waals surface area (Å²) in [5, 5.41) is 3.36. The molecule has 0 aromatic carbocycles. The van der Waals surface area contributed by atoms with Gasteiger partial charge in [0.15, 0.2) is 0 Å². The van der Waals surface area contributed by atoms with Crippen LogP contribution in [0.4, 0.5) is 5.82 Å². The molecule has 3 heterocycles. The van der Waals surface area contributed by atoms with Gasteiger partial charge in [-0.25, -0.2) is 4.98 Å². The summed E-state index contributed by atoms with van der Waals surface area (Å²) in [5.74, 6) is 2.15. The van der Waals surface area contributed by atoms with Crippen LogP contribution < -0.4 is 10.2 Å². The first kappa shape index (κ1) is 23.2. The number of hydrogen-bond donors (Lipinski definition) is 1. The van der Waals surface area contributed by atoms with Gasteiger partial charge in [-0.2, -0.15) is 0 Å². The molecule has 1 aromatic rings. The molecular formula is C26H40N4O2. The lowest BCUT2D eigenvalue weighted by atomic mass is 9.83. The Bertz CT molecular complexity index is 732. The molecule has 1 saturated carbocycles. The van der Waals surface area contributed by atoms with Crippen LogP contribution in [0.3, 0.4) is 0 Å². The molecule has 1 aromatic heterocycles. The van der Waals surface area contributed by atoms with Gasteiger partial charge in [0.25, 0.3) is 5.91 Å². The molecule has 0 spiro atoms. The molecule has 3 fully saturated rings. The molecule has 3 atom stereocenters. The summed E-state index contributed by atoms with van der Waals surface area (Å²) in [6.45, 7) is 10.7. The highest BCUT2D eigenvalue weighted by molar-refractivity contribution is 5.94. The van der Waals surface area contributed by atoms with Crippen molar-refractivity contribution in [2.24, 2.45) is 11.8 Å². The largest absolute Gasteiger partial charge is 0.377 e. The molecule has 3 aliphatic rings. The number of rotatable bonds is 9. The van der Waals surface area contributed by atoms with Gasteiger partial charge < -0.3 is 19.9 Å². The molecule has 2 aliphatic heterocycles. The van der Waals surface area contributed by atoms with Crippen LogP contribution in [-0.4, -0.2) is 67.8 Å². The third kappa shape index (κ3) is 6.32. The highest BCUT2D eigenvalue weighted by atomic mass is 16.5. The molecule has 1 amide bonds. The number of carbonyl (C=O) groups is 1. The molecule has 1 aliphatic carbocycles. The van der Waals surface area contributed by atoms with Crippen molar-refractivity contribution in [1.82, 2.24) is 15.2 Å². The van der Waals surface area contributed by atoms with Crippen LogP contribution >= 0.6 is 0 Å². The van der Waals surface area contributed by atoms with E-state index in [1.54, 1.807) is 6.20 Å². The average Bonchev–Trinajstić information content (AvgIpc) is 3.36. The first-order chi connectivity index (χ1) is 15.7. The first-order valence-electron chi connectivity index (χ1n) is 12.7. The van der Waals surface area contributed by atoms with Crippen LogP contribution in [0.1, 0.15) is 61.7 Å². The summed E-state index contributed by atoms with van der Waals surface area (Å²) in [5.41, 5.74) is 0.676. The standard InChI is InChI=1S/C26H40N4O2/c1-2-16-32-20-21-8-7-13-29(18-21)19-23-9-3-4-10-24(23)28-26(31)22-11-12-25(27-17-22)30-14-5-6-15-30/h2,11-12,17,21,23-24H,1,3-10,13-16,18-20H2,(H,28,31). The zero-order valence-electron chi connectivity index (χ0n) is 19.5. The molecule has 0 bridgehead atoms. The predicted octanol–water partition coefficient (Wildman–Crippen LogP) is 3.89. The molecule has 32 heavy (non-hydrogen) atoms. The lowest BCUT2D eigenvalue weighted by Crippen LogP contribution is -2.48. The van der Waals surface area contributed by atoms with Crippen molar-refractivity contribution in [2.75, 3.05) is 50.8 Å². The molecule has 6 heteroatoms. The van der Waals surface area contributed by atoms with E-state index in [4.69, 9.17) is 4.74 Å². The van der Waals surface area contributed by atoms with E-state index in [0.29, 0.717) is 24.0 Å². The van der Waals surface area contributed by atoms with Crippen molar-refractivity contribution in [3.63, 3.8) is 0 Å². The molecular weight excluding hydrogens is 400 g/mol. The number of amides is 1. The maximum absolute atomic E-state index is 13.0. The lowest BCUT2D eigenvalue weighted by Gasteiger charge is -2.39. The molecule has 176 valence electrons. The maximum atomic E-state index is 13.0. The van der Waals surface area contributed by atoms with Crippen LogP contribution in [0.5, 0.6) is 0 Å². The van der Waals surface area contributed by atoms with Gasteiger partial charge in [0.2, 0.25) is 0 Å². The zero-order valence-corrected chi connectivity index (χ0v) is 19.5. The van der Waals surface area contributed by atoms with Crippen LogP contribution in [0.25, 0.3) is 0 Å². The normalized spacial score (nSPS) is 26.8. The number of nitrogens with zero attached hydrogens (tertiary/aromatic N) is 3. The Hall–Kier alpha value is -1.92. The number of aromatic nitrogens is 1. The van der Waals surface area contributed by atoms with Crippen molar-refractivity contribution in [2.45, 2.75) is 57.4 Å². The second kappa shape index (κ2) is 11.8. The van der Waals surface area contributed by atoms with E-state index in [2.05, 4.69) is 26.7 Å². The van der Waals surface area contributed by atoms with E-state index in [-0.39, 0.29) is 11.9 Å². The highest BCUT2D eigenvalue weighted by Crippen LogP contribution is 2.28. The third-order valence-electron chi connectivity index (χ3n) is 7.35. The molecule has 6 nitrogen and oxygen atoms in total. The number of anilines is 1. The molecule has 0 radical (unpaired) electrons. The quantitative estimate of drug-likeness (QED) is 0.466. The summed E-state index contributed by atoms with van der Waals surface area (Å²) in [6, 6.07) is 4.19. The van der Waals surface area contributed by atoms with Gasteiger partial charge in [-0.15, -0.1) is 6.58 Å². The number of piperidine rings is 1. The summed E-state index contributed by atoms with van der Waals surface area (Å²) in [4.78, 5) is 22.4. The van der Waals surface area contributed by atoms with Gasteiger partial charge in [0, 0.05) is 38.4 Å². The van der Waals surface area contributed by atoms with Crippen molar-refractivity contribution in [3.05, 3.63) is 36.5 Å². The van der Waals surface area contributed by atoms with E-state index in [0.717, 1.165) is 51.6 Å². The van der Waals surface area contributed by atoms with Gasteiger partial charge >= 0.3 is 0 Å². The van der Waals surface area contributed by atoms with Crippen molar-refractivity contribution in [3.8, 4) is 0 Å². The summed E-state index contributed by atoms with van der Waals surface area (Å²) >= 11 is 0. The Morgan fingerprint density at radius 1 is 1.12 bits per heavy atom. The highest BCUT2D eigenvalue weighted by Gasteiger charge is 2.30. The van der Waals surface area contributed by atoms with E-state index < -0.39 is 0 Å². The van der Waals surface area contributed by atoms with Gasteiger partial charge in [-0.3, -0.25) is 4.79 Å². The Morgan fingerprint density at radius 3 is 2.75 bits per heavy atom. The molecule has 2 saturated heterocycles.